The minimum Gasteiger partial charge on any atom is -0.459 e. The first kappa shape index (κ1) is 13.7. The molecule has 3 heterocycles. The third-order valence-electron chi connectivity index (χ3n) is 2.17. The third kappa shape index (κ3) is 3.22. The first-order valence-electron chi connectivity index (χ1n) is 5.80. The van der Waals surface area contributed by atoms with Crippen LogP contribution in [0.1, 0.15) is 12.8 Å². The molecular formula is C11H10N4O2S3. The molecule has 20 heavy (non-hydrogen) atoms. The van der Waals surface area contributed by atoms with E-state index in [0.717, 1.165) is 14.4 Å². The SMILES string of the molecule is CCSc1nnc(SCc2nnc(-c3ccco3)o2)s1. The van der Waals surface area contributed by atoms with Crippen LogP contribution in [0.3, 0.4) is 0 Å². The molecule has 3 aromatic heterocycles. The highest BCUT2D eigenvalue weighted by Gasteiger charge is 2.12. The quantitative estimate of drug-likeness (QED) is 0.636. The highest BCUT2D eigenvalue weighted by atomic mass is 32.2. The van der Waals surface area contributed by atoms with Gasteiger partial charge in [-0.2, -0.15) is 0 Å². The van der Waals surface area contributed by atoms with Gasteiger partial charge in [-0.1, -0.05) is 41.8 Å². The van der Waals surface area contributed by atoms with Crippen molar-refractivity contribution in [3.63, 3.8) is 0 Å². The van der Waals surface area contributed by atoms with Gasteiger partial charge in [0.15, 0.2) is 14.4 Å². The first-order valence-corrected chi connectivity index (χ1v) is 8.59. The number of aromatic nitrogens is 4. The van der Waals surface area contributed by atoms with E-state index in [1.165, 1.54) is 11.8 Å². The summed E-state index contributed by atoms with van der Waals surface area (Å²) >= 11 is 4.80. The molecule has 3 aromatic rings. The van der Waals surface area contributed by atoms with Gasteiger partial charge >= 0.3 is 0 Å². The van der Waals surface area contributed by atoms with Gasteiger partial charge in [0.05, 0.1) is 12.0 Å². The van der Waals surface area contributed by atoms with Crippen molar-refractivity contribution < 1.29 is 8.83 Å². The Morgan fingerprint density at radius 1 is 1.15 bits per heavy atom. The van der Waals surface area contributed by atoms with E-state index < -0.39 is 0 Å². The number of furan rings is 1. The molecule has 0 saturated heterocycles. The van der Waals surface area contributed by atoms with Gasteiger partial charge in [-0.3, -0.25) is 0 Å². The summed E-state index contributed by atoms with van der Waals surface area (Å²) in [5, 5.41) is 16.1. The van der Waals surface area contributed by atoms with E-state index in [4.69, 9.17) is 8.83 Å². The lowest BCUT2D eigenvalue weighted by Gasteiger charge is -1.90. The van der Waals surface area contributed by atoms with Crippen LogP contribution in [0.5, 0.6) is 0 Å². The zero-order valence-corrected chi connectivity index (χ0v) is 12.9. The summed E-state index contributed by atoms with van der Waals surface area (Å²) in [6.45, 7) is 2.09. The van der Waals surface area contributed by atoms with E-state index in [-0.39, 0.29) is 0 Å². The van der Waals surface area contributed by atoms with Crippen LogP contribution >= 0.6 is 34.9 Å². The highest BCUT2D eigenvalue weighted by molar-refractivity contribution is 8.02. The predicted octanol–water partition coefficient (Wildman–Crippen LogP) is 3.59. The van der Waals surface area contributed by atoms with Crippen molar-refractivity contribution in [1.29, 1.82) is 0 Å². The second kappa shape index (κ2) is 6.42. The van der Waals surface area contributed by atoms with E-state index in [1.807, 2.05) is 0 Å². The van der Waals surface area contributed by atoms with Crippen LogP contribution in [0.2, 0.25) is 0 Å². The second-order valence-electron chi connectivity index (χ2n) is 3.53. The van der Waals surface area contributed by atoms with Gasteiger partial charge in [0, 0.05) is 0 Å². The zero-order chi connectivity index (χ0) is 13.8. The van der Waals surface area contributed by atoms with Gasteiger partial charge in [0.2, 0.25) is 5.89 Å². The van der Waals surface area contributed by atoms with E-state index in [0.29, 0.717) is 23.3 Å². The summed E-state index contributed by atoms with van der Waals surface area (Å²) < 4.78 is 12.6. The summed E-state index contributed by atoms with van der Waals surface area (Å²) in [5.41, 5.74) is 0. The maximum Gasteiger partial charge on any atom is 0.283 e. The number of nitrogens with zero attached hydrogens (tertiary/aromatic N) is 4. The van der Waals surface area contributed by atoms with Gasteiger partial charge in [-0.15, -0.1) is 20.4 Å². The van der Waals surface area contributed by atoms with Crippen molar-refractivity contribution in [3.8, 4) is 11.7 Å². The van der Waals surface area contributed by atoms with Crippen LogP contribution in [0, 0.1) is 0 Å². The fourth-order valence-corrected chi connectivity index (χ4v) is 4.13. The third-order valence-corrected chi connectivity index (χ3v) is 5.23. The Labute approximate surface area is 127 Å². The van der Waals surface area contributed by atoms with Crippen molar-refractivity contribution in [2.24, 2.45) is 0 Å². The molecule has 0 aliphatic carbocycles. The Kier molecular flexibility index (Phi) is 4.38. The molecular weight excluding hydrogens is 316 g/mol. The standard InChI is InChI=1S/C11H10N4O2S3/c1-2-18-10-14-15-11(20-10)19-6-8-12-13-9(17-8)7-4-3-5-16-7/h3-5H,2,6H2,1H3. The van der Waals surface area contributed by atoms with E-state index in [9.17, 15) is 0 Å². The fraction of sp³-hybridized carbons (Fsp3) is 0.273. The highest BCUT2D eigenvalue weighted by Crippen LogP contribution is 2.30. The molecule has 0 N–H and O–H groups in total. The summed E-state index contributed by atoms with van der Waals surface area (Å²) in [6, 6.07) is 3.56. The summed E-state index contributed by atoms with van der Waals surface area (Å²) in [6.07, 6.45) is 1.57. The van der Waals surface area contributed by atoms with Gasteiger partial charge in [0.25, 0.3) is 5.89 Å². The van der Waals surface area contributed by atoms with Crippen molar-refractivity contribution in [3.05, 3.63) is 24.3 Å². The number of thioether (sulfide) groups is 2. The molecule has 0 atom stereocenters. The molecule has 0 fully saturated rings. The predicted molar refractivity (Wildman–Crippen MR) is 77.9 cm³/mol. The zero-order valence-electron chi connectivity index (χ0n) is 10.5. The molecule has 0 unspecified atom stereocenters. The molecule has 0 spiro atoms. The molecule has 0 aliphatic heterocycles. The largest absolute Gasteiger partial charge is 0.459 e. The van der Waals surface area contributed by atoms with Crippen LogP contribution in [0.15, 0.2) is 35.9 Å². The summed E-state index contributed by atoms with van der Waals surface area (Å²) in [7, 11) is 0. The molecule has 9 heteroatoms. The van der Waals surface area contributed by atoms with Crippen molar-refractivity contribution >= 4 is 34.9 Å². The van der Waals surface area contributed by atoms with Crippen LogP contribution < -0.4 is 0 Å². The van der Waals surface area contributed by atoms with Crippen LogP contribution in [0.25, 0.3) is 11.7 Å². The molecule has 6 nitrogen and oxygen atoms in total. The van der Waals surface area contributed by atoms with Gasteiger partial charge < -0.3 is 8.83 Å². The lowest BCUT2D eigenvalue weighted by atomic mass is 10.5. The van der Waals surface area contributed by atoms with Crippen LogP contribution in [-0.2, 0) is 5.75 Å². The molecule has 0 saturated carbocycles. The Balaban J connectivity index is 1.60. The van der Waals surface area contributed by atoms with Crippen molar-refractivity contribution in [1.82, 2.24) is 20.4 Å². The average molecular weight is 326 g/mol. The maximum atomic E-state index is 5.52. The molecule has 104 valence electrons. The van der Waals surface area contributed by atoms with Crippen LogP contribution in [-0.4, -0.2) is 26.1 Å². The first-order chi connectivity index (χ1) is 9.85. The van der Waals surface area contributed by atoms with Gasteiger partial charge in [-0.05, 0) is 17.9 Å². The minimum atomic E-state index is 0.394. The summed E-state index contributed by atoms with van der Waals surface area (Å²) in [5.74, 6) is 3.08. The topological polar surface area (TPSA) is 77.8 Å². The second-order valence-corrected chi connectivity index (χ2v) is 7.24. The Morgan fingerprint density at radius 3 is 2.75 bits per heavy atom. The smallest absolute Gasteiger partial charge is 0.283 e. The minimum absolute atomic E-state index is 0.394. The Morgan fingerprint density at radius 2 is 2.00 bits per heavy atom. The summed E-state index contributed by atoms with van der Waals surface area (Å²) in [4.78, 5) is 0. The molecule has 0 radical (unpaired) electrons. The molecule has 0 amide bonds. The fourth-order valence-electron chi connectivity index (χ4n) is 1.37. The van der Waals surface area contributed by atoms with E-state index >= 15 is 0 Å². The number of rotatable bonds is 6. The number of hydrogen-bond donors (Lipinski definition) is 0. The van der Waals surface area contributed by atoms with Crippen molar-refractivity contribution in [2.75, 3.05) is 5.75 Å². The molecule has 3 rings (SSSR count). The lowest BCUT2D eigenvalue weighted by Crippen LogP contribution is -1.80. The van der Waals surface area contributed by atoms with Crippen LogP contribution in [0.4, 0.5) is 0 Å². The molecule has 0 aromatic carbocycles. The van der Waals surface area contributed by atoms with Gasteiger partial charge in [0.1, 0.15) is 0 Å². The molecule has 0 bridgehead atoms. The maximum absolute atomic E-state index is 5.52. The van der Waals surface area contributed by atoms with Gasteiger partial charge in [-0.25, -0.2) is 0 Å². The van der Waals surface area contributed by atoms with E-state index in [2.05, 4.69) is 27.3 Å². The van der Waals surface area contributed by atoms with Crippen molar-refractivity contribution in [2.45, 2.75) is 21.4 Å². The average Bonchev–Trinajstić information content (AvgIpc) is 3.18. The normalized spacial score (nSPS) is 11.1. The Bertz CT molecular complexity index is 665. The monoisotopic (exact) mass is 326 g/mol. The number of hydrogen-bond acceptors (Lipinski definition) is 9. The van der Waals surface area contributed by atoms with E-state index in [1.54, 1.807) is 41.5 Å². The Hall–Kier alpha value is -1.32. The lowest BCUT2D eigenvalue weighted by molar-refractivity contribution is 0.494. The molecule has 0 aliphatic rings.